The summed E-state index contributed by atoms with van der Waals surface area (Å²) in [6.07, 6.45) is 23.4. The lowest BCUT2D eigenvalue weighted by Gasteiger charge is -1.94. The van der Waals surface area contributed by atoms with E-state index in [9.17, 15) is 4.79 Å². The van der Waals surface area contributed by atoms with Crippen molar-refractivity contribution < 1.29 is 9.90 Å². The van der Waals surface area contributed by atoms with Gasteiger partial charge in [0.05, 0.1) is 0 Å². The molecule has 0 unspecified atom stereocenters. The van der Waals surface area contributed by atoms with E-state index in [1.165, 1.54) is 25.7 Å². The molecule has 0 aromatic carbocycles. The van der Waals surface area contributed by atoms with Crippen LogP contribution in [0.25, 0.3) is 0 Å². The molecule has 114 valence electrons. The Balaban J connectivity index is 3.26. The van der Waals surface area contributed by atoms with Crippen LogP contribution in [0.1, 0.15) is 71.1 Å². The van der Waals surface area contributed by atoms with Gasteiger partial charge in [-0.2, -0.15) is 0 Å². The Bertz CT molecular complexity index is 301. The van der Waals surface area contributed by atoms with E-state index < -0.39 is 5.97 Å². The highest BCUT2D eigenvalue weighted by Crippen LogP contribution is 2.05. The summed E-state index contributed by atoms with van der Waals surface area (Å²) >= 11 is 0. The molecule has 0 spiro atoms. The average Bonchev–Trinajstić information content (AvgIpc) is 2.43. The molecule has 0 atom stereocenters. The van der Waals surface area contributed by atoms with Crippen molar-refractivity contribution in [3.8, 4) is 0 Å². The maximum absolute atomic E-state index is 10.3. The second kappa shape index (κ2) is 15.7. The lowest BCUT2D eigenvalue weighted by molar-refractivity contribution is -0.137. The molecule has 0 heterocycles. The van der Waals surface area contributed by atoms with Gasteiger partial charge in [0.15, 0.2) is 0 Å². The number of hydrogen-bond donors (Lipinski definition) is 1. The number of carboxylic acids is 1. The molecule has 0 rings (SSSR count). The molecule has 2 heteroatoms. The molecule has 0 aromatic rings. The molecule has 0 bridgehead atoms. The van der Waals surface area contributed by atoms with Crippen molar-refractivity contribution in [3.63, 3.8) is 0 Å². The van der Waals surface area contributed by atoms with Gasteiger partial charge in [-0.05, 0) is 51.4 Å². The van der Waals surface area contributed by atoms with Gasteiger partial charge in [0.2, 0.25) is 0 Å². The third-order valence-corrected chi connectivity index (χ3v) is 3.04. The monoisotopic (exact) mass is 278 g/mol. The van der Waals surface area contributed by atoms with Crippen molar-refractivity contribution in [3.05, 3.63) is 36.5 Å². The molecule has 0 aromatic heterocycles. The summed E-state index contributed by atoms with van der Waals surface area (Å²) in [4.78, 5) is 10.3. The second-order valence-electron chi connectivity index (χ2n) is 5.01. The van der Waals surface area contributed by atoms with E-state index in [1.54, 1.807) is 0 Å². The Morgan fingerprint density at radius 1 is 0.800 bits per heavy atom. The van der Waals surface area contributed by atoms with Crippen LogP contribution in [0.15, 0.2) is 36.5 Å². The Labute approximate surface area is 124 Å². The number of hydrogen-bond acceptors (Lipinski definition) is 1. The Kier molecular flexibility index (Phi) is 14.7. The number of unbranched alkanes of at least 4 members (excludes halogenated alkanes) is 6. The van der Waals surface area contributed by atoms with Gasteiger partial charge < -0.3 is 5.11 Å². The molecule has 0 saturated carbocycles. The summed E-state index contributed by atoms with van der Waals surface area (Å²) in [6, 6.07) is 0. The first-order chi connectivity index (χ1) is 9.77. The van der Waals surface area contributed by atoms with Crippen LogP contribution < -0.4 is 0 Å². The van der Waals surface area contributed by atoms with Gasteiger partial charge in [-0.25, -0.2) is 0 Å². The maximum Gasteiger partial charge on any atom is 0.303 e. The molecule has 0 aliphatic carbocycles. The van der Waals surface area contributed by atoms with Gasteiger partial charge in [0.1, 0.15) is 0 Å². The lowest BCUT2D eigenvalue weighted by atomic mass is 10.1. The van der Waals surface area contributed by atoms with Crippen LogP contribution in [-0.2, 0) is 4.79 Å². The highest BCUT2D eigenvalue weighted by Gasteiger charge is 1.93. The first kappa shape index (κ1) is 18.7. The highest BCUT2D eigenvalue weighted by molar-refractivity contribution is 5.66. The summed E-state index contributed by atoms with van der Waals surface area (Å²) in [6.45, 7) is 2.17. The van der Waals surface area contributed by atoms with Crippen LogP contribution in [0, 0.1) is 0 Å². The molecule has 0 amide bonds. The van der Waals surface area contributed by atoms with Crippen LogP contribution >= 0.6 is 0 Å². The summed E-state index contributed by atoms with van der Waals surface area (Å²) < 4.78 is 0. The summed E-state index contributed by atoms with van der Waals surface area (Å²) in [5.41, 5.74) is 0. The smallest absolute Gasteiger partial charge is 0.303 e. The van der Waals surface area contributed by atoms with Crippen LogP contribution in [0.3, 0.4) is 0 Å². The van der Waals surface area contributed by atoms with Gasteiger partial charge in [0, 0.05) is 6.42 Å². The van der Waals surface area contributed by atoms with Gasteiger partial charge >= 0.3 is 5.97 Å². The molecule has 0 aliphatic rings. The molecule has 0 aliphatic heterocycles. The van der Waals surface area contributed by atoms with Gasteiger partial charge in [-0.1, -0.05) is 49.8 Å². The fourth-order valence-corrected chi connectivity index (χ4v) is 1.87. The third-order valence-electron chi connectivity index (χ3n) is 3.04. The first-order valence-electron chi connectivity index (χ1n) is 7.95. The predicted octanol–water partition coefficient (Wildman–Crippen LogP) is 5.66. The third kappa shape index (κ3) is 16.7. The van der Waals surface area contributed by atoms with Crippen molar-refractivity contribution >= 4 is 5.97 Å². The van der Waals surface area contributed by atoms with Gasteiger partial charge in [-0.3, -0.25) is 4.79 Å². The molecule has 20 heavy (non-hydrogen) atoms. The van der Waals surface area contributed by atoms with E-state index in [1.807, 2.05) is 0 Å². The minimum atomic E-state index is -0.695. The largest absolute Gasteiger partial charge is 0.481 e. The summed E-state index contributed by atoms with van der Waals surface area (Å²) in [5.74, 6) is -0.695. The van der Waals surface area contributed by atoms with E-state index in [0.717, 1.165) is 32.1 Å². The van der Waals surface area contributed by atoms with Crippen LogP contribution in [0.4, 0.5) is 0 Å². The number of carbonyl (C=O) groups is 1. The topological polar surface area (TPSA) is 37.3 Å². The normalized spacial score (nSPS) is 12.1. The van der Waals surface area contributed by atoms with Crippen molar-refractivity contribution in [1.82, 2.24) is 0 Å². The SMILES string of the molecule is CC/C=C\CCCCC/C=C/C=C\CCCCC(=O)O. The Morgan fingerprint density at radius 3 is 1.90 bits per heavy atom. The first-order valence-corrected chi connectivity index (χ1v) is 7.95. The van der Waals surface area contributed by atoms with E-state index in [0.29, 0.717) is 0 Å². The molecule has 0 fully saturated rings. The van der Waals surface area contributed by atoms with Gasteiger partial charge in [0.25, 0.3) is 0 Å². The molecule has 0 radical (unpaired) electrons. The van der Waals surface area contributed by atoms with Crippen LogP contribution in [0.2, 0.25) is 0 Å². The fraction of sp³-hybridized carbons (Fsp3) is 0.611. The van der Waals surface area contributed by atoms with E-state index in [2.05, 4.69) is 43.4 Å². The number of aliphatic carboxylic acids is 1. The minimum absolute atomic E-state index is 0.289. The van der Waals surface area contributed by atoms with Crippen molar-refractivity contribution in [2.45, 2.75) is 71.1 Å². The Hall–Kier alpha value is -1.31. The average molecular weight is 278 g/mol. The zero-order valence-corrected chi connectivity index (χ0v) is 12.9. The molecular weight excluding hydrogens is 248 g/mol. The number of carboxylic acid groups (broad SMARTS) is 1. The standard InChI is InChI=1S/C18H30O2/c1-2-3-4-5-6-7-8-9-10-11-12-13-14-15-16-17-18(19)20/h3-4,10-13H,2,5-9,14-17H2,1H3,(H,19,20)/b4-3-,11-10+,13-12-. The molecule has 2 nitrogen and oxygen atoms in total. The van der Waals surface area contributed by atoms with E-state index >= 15 is 0 Å². The zero-order valence-electron chi connectivity index (χ0n) is 12.9. The van der Waals surface area contributed by atoms with Crippen LogP contribution in [0.5, 0.6) is 0 Å². The molecular formula is C18H30O2. The highest BCUT2D eigenvalue weighted by atomic mass is 16.4. The number of allylic oxidation sites excluding steroid dienone is 6. The fourth-order valence-electron chi connectivity index (χ4n) is 1.87. The van der Waals surface area contributed by atoms with E-state index in [-0.39, 0.29) is 6.42 Å². The van der Waals surface area contributed by atoms with Crippen molar-refractivity contribution in [1.29, 1.82) is 0 Å². The van der Waals surface area contributed by atoms with E-state index in [4.69, 9.17) is 5.11 Å². The van der Waals surface area contributed by atoms with Crippen molar-refractivity contribution in [2.24, 2.45) is 0 Å². The minimum Gasteiger partial charge on any atom is -0.481 e. The summed E-state index contributed by atoms with van der Waals surface area (Å²) in [5, 5.41) is 8.48. The van der Waals surface area contributed by atoms with Crippen molar-refractivity contribution in [2.75, 3.05) is 0 Å². The number of rotatable bonds is 13. The maximum atomic E-state index is 10.3. The predicted molar refractivity (Wildman–Crippen MR) is 86.9 cm³/mol. The molecule has 0 saturated heterocycles. The van der Waals surface area contributed by atoms with Gasteiger partial charge in [-0.15, -0.1) is 0 Å². The second-order valence-corrected chi connectivity index (χ2v) is 5.01. The zero-order chi connectivity index (χ0) is 14.9. The molecule has 1 N–H and O–H groups in total. The summed E-state index contributed by atoms with van der Waals surface area (Å²) in [7, 11) is 0. The quantitative estimate of drug-likeness (QED) is 0.268. The van der Waals surface area contributed by atoms with Crippen LogP contribution in [-0.4, -0.2) is 11.1 Å². The Morgan fingerprint density at radius 2 is 1.35 bits per heavy atom. The lowest BCUT2D eigenvalue weighted by Crippen LogP contribution is -1.92.